The minimum Gasteiger partial charge on any atom is -0.507 e. The van der Waals surface area contributed by atoms with Crippen molar-refractivity contribution >= 4 is 45.8 Å². The second kappa shape index (κ2) is 16.3. The van der Waals surface area contributed by atoms with Crippen molar-refractivity contribution in [1.82, 2.24) is 19.6 Å². The average Bonchev–Trinajstić information content (AvgIpc) is 3.30. The van der Waals surface area contributed by atoms with Gasteiger partial charge in [-0.2, -0.15) is 0 Å². The highest BCUT2D eigenvalue weighted by atomic mass is 79.9. The van der Waals surface area contributed by atoms with Crippen molar-refractivity contribution in [2.75, 3.05) is 51.7 Å². The maximum absolute atomic E-state index is 14.0. The summed E-state index contributed by atoms with van der Waals surface area (Å²) in [6.07, 6.45) is 3.56. The van der Waals surface area contributed by atoms with E-state index in [4.69, 9.17) is 14.2 Å². The number of fused-ring (bicyclic) bond motifs is 1. The van der Waals surface area contributed by atoms with Gasteiger partial charge in [-0.3, -0.25) is 9.69 Å². The van der Waals surface area contributed by atoms with Gasteiger partial charge in [-0.1, -0.05) is 24.3 Å². The molecule has 2 N–H and O–H groups in total. The van der Waals surface area contributed by atoms with Crippen molar-refractivity contribution < 1.29 is 38.5 Å². The molecule has 0 spiro atoms. The standard InChI is InChI=1S/C36H46BrN5O8/c1-48-36(47)50-32-8-4-5-16-41(32)26-12-17-39(18-13-26)33(44)31(23-24-9-10-30(43)28(37)22-24)49-35(46)40-19-14-27(15-20-40)42-21-11-25-6-2-3-7-29(25)38-34(42)45/h2-3,6-7,9-10,22,26-27,31-32,43H,4-5,8,11-21,23H2,1H3,(H,38,45)/t31-,32-/m1/s1. The van der Waals surface area contributed by atoms with Crippen LogP contribution in [0.25, 0.3) is 0 Å². The number of hydrogen-bond acceptors (Lipinski definition) is 9. The Hall–Kier alpha value is -4.04. The number of carbonyl (C=O) groups excluding carboxylic acids is 4. The minimum atomic E-state index is -1.06. The lowest BCUT2D eigenvalue weighted by molar-refractivity contribution is -0.144. The van der Waals surface area contributed by atoms with Gasteiger partial charge < -0.3 is 39.3 Å². The zero-order valence-corrected chi connectivity index (χ0v) is 30.0. The normalized spacial score (nSPS) is 21.4. The molecule has 0 unspecified atom stereocenters. The highest BCUT2D eigenvalue weighted by Crippen LogP contribution is 2.29. The second-order valence-electron chi connectivity index (χ2n) is 13.4. The van der Waals surface area contributed by atoms with Crippen LogP contribution in [0.15, 0.2) is 46.9 Å². The van der Waals surface area contributed by atoms with E-state index in [-0.39, 0.29) is 42.4 Å². The van der Waals surface area contributed by atoms with Crippen LogP contribution < -0.4 is 5.32 Å². The maximum Gasteiger partial charge on any atom is 0.509 e. The summed E-state index contributed by atoms with van der Waals surface area (Å²) in [4.78, 5) is 60.1. The second-order valence-corrected chi connectivity index (χ2v) is 14.3. The number of piperidine rings is 3. The number of nitrogens with one attached hydrogen (secondary N) is 1. The average molecular weight is 757 g/mol. The number of phenolic OH excluding ortho intramolecular Hbond substituents is 1. The molecule has 4 aliphatic heterocycles. The van der Waals surface area contributed by atoms with E-state index in [0.29, 0.717) is 62.9 Å². The molecule has 50 heavy (non-hydrogen) atoms. The van der Waals surface area contributed by atoms with Gasteiger partial charge in [-0.05, 0) is 96.6 Å². The van der Waals surface area contributed by atoms with Gasteiger partial charge in [-0.15, -0.1) is 0 Å². The fourth-order valence-corrected chi connectivity index (χ4v) is 8.04. The Morgan fingerprint density at radius 3 is 2.38 bits per heavy atom. The topological polar surface area (TPSA) is 141 Å². The van der Waals surface area contributed by atoms with E-state index >= 15 is 0 Å². The monoisotopic (exact) mass is 755 g/mol. The molecule has 0 bridgehead atoms. The summed E-state index contributed by atoms with van der Waals surface area (Å²) < 4.78 is 16.8. The Bertz CT molecular complexity index is 1540. The van der Waals surface area contributed by atoms with Crippen molar-refractivity contribution in [1.29, 1.82) is 0 Å². The number of benzene rings is 2. The van der Waals surface area contributed by atoms with Crippen molar-refractivity contribution in [3.8, 4) is 5.75 Å². The highest BCUT2D eigenvalue weighted by Gasteiger charge is 2.38. The smallest absolute Gasteiger partial charge is 0.507 e. The largest absolute Gasteiger partial charge is 0.509 e. The molecule has 0 aromatic heterocycles. The lowest BCUT2D eigenvalue weighted by Gasteiger charge is -2.44. The predicted octanol–water partition coefficient (Wildman–Crippen LogP) is 5.34. The number of urea groups is 1. The number of halogens is 1. The van der Waals surface area contributed by atoms with Gasteiger partial charge in [0.05, 0.1) is 11.6 Å². The molecular weight excluding hydrogens is 710 g/mol. The summed E-state index contributed by atoms with van der Waals surface area (Å²) in [7, 11) is 1.30. The summed E-state index contributed by atoms with van der Waals surface area (Å²) in [6.45, 7) is 3.17. The first-order valence-corrected chi connectivity index (χ1v) is 18.4. The van der Waals surface area contributed by atoms with Gasteiger partial charge in [0.2, 0.25) is 0 Å². The molecule has 4 heterocycles. The van der Waals surface area contributed by atoms with Gasteiger partial charge >= 0.3 is 18.3 Å². The summed E-state index contributed by atoms with van der Waals surface area (Å²) in [5, 5.41) is 13.1. The van der Waals surface area contributed by atoms with E-state index in [0.717, 1.165) is 49.0 Å². The van der Waals surface area contributed by atoms with Gasteiger partial charge in [0.25, 0.3) is 5.91 Å². The summed E-state index contributed by atoms with van der Waals surface area (Å²) in [6, 6.07) is 12.8. The van der Waals surface area contributed by atoms with E-state index in [1.807, 2.05) is 29.2 Å². The molecule has 13 nitrogen and oxygen atoms in total. The Balaban J connectivity index is 1.07. The number of rotatable bonds is 7. The molecule has 270 valence electrons. The predicted molar refractivity (Wildman–Crippen MR) is 188 cm³/mol. The fraction of sp³-hybridized carbons (Fsp3) is 0.556. The maximum atomic E-state index is 14.0. The highest BCUT2D eigenvalue weighted by molar-refractivity contribution is 9.10. The molecule has 0 radical (unpaired) electrons. The molecule has 0 saturated carbocycles. The third-order valence-electron chi connectivity index (χ3n) is 10.4. The molecular formula is C36H46BrN5O8. The number of methoxy groups -OCH3 is 1. The van der Waals surface area contributed by atoms with Crippen LogP contribution in [0.4, 0.5) is 20.1 Å². The minimum absolute atomic E-state index is 0.0149. The zero-order valence-electron chi connectivity index (χ0n) is 28.4. The number of ether oxygens (including phenoxy) is 3. The van der Waals surface area contributed by atoms with Gasteiger partial charge in [0, 0.05) is 63.5 Å². The Kier molecular flexibility index (Phi) is 11.7. The van der Waals surface area contributed by atoms with E-state index in [9.17, 15) is 24.3 Å². The number of hydrogen-bond donors (Lipinski definition) is 2. The first-order valence-electron chi connectivity index (χ1n) is 17.6. The summed E-state index contributed by atoms with van der Waals surface area (Å²) in [5.41, 5.74) is 2.68. The third kappa shape index (κ3) is 8.45. The molecule has 4 amide bonds. The number of likely N-dealkylation sites (tertiary alicyclic amines) is 3. The number of para-hydroxylation sites is 1. The molecule has 14 heteroatoms. The molecule has 0 aliphatic carbocycles. The summed E-state index contributed by atoms with van der Waals surface area (Å²) in [5.74, 6) is -0.189. The molecule has 4 aliphatic rings. The van der Waals surface area contributed by atoms with Crippen LogP contribution in [0.1, 0.15) is 56.1 Å². The van der Waals surface area contributed by atoms with Gasteiger partial charge in [0.15, 0.2) is 12.3 Å². The number of carbonyl (C=O) groups is 4. The summed E-state index contributed by atoms with van der Waals surface area (Å²) >= 11 is 3.35. The molecule has 3 fully saturated rings. The van der Waals surface area contributed by atoms with Crippen LogP contribution in [0.3, 0.4) is 0 Å². The van der Waals surface area contributed by atoms with Crippen molar-refractivity contribution in [3.05, 3.63) is 58.1 Å². The van der Waals surface area contributed by atoms with Crippen molar-refractivity contribution in [2.24, 2.45) is 0 Å². The zero-order chi connectivity index (χ0) is 35.2. The third-order valence-corrected chi connectivity index (χ3v) is 11.0. The van der Waals surface area contributed by atoms with Crippen LogP contribution >= 0.6 is 15.9 Å². The van der Waals surface area contributed by atoms with Crippen LogP contribution in [0.2, 0.25) is 0 Å². The number of aromatic hydroxyl groups is 1. The lowest BCUT2D eigenvalue weighted by Crippen LogP contribution is -2.55. The number of amides is 4. The van der Waals surface area contributed by atoms with E-state index in [1.54, 1.807) is 28.0 Å². The van der Waals surface area contributed by atoms with Gasteiger partial charge in [-0.25, -0.2) is 14.4 Å². The van der Waals surface area contributed by atoms with E-state index < -0.39 is 18.4 Å². The van der Waals surface area contributed by atoms with Crippen molar-refractivity contribution in [3.63, 3.8) is 0 Å². The molecule has 2 aromatic rings. The molecule has 3 saturated heterocycles. The van der Waals surface area contributed by atoms with E-state index in [2.05, 4.69) is 26.1 Å². The lowest BCUT2D eigenvalue weighted by atomic mass is 9.98. The number of phenols is 1. The van der Waals surface area contributed by atoms with Crippen LogP contribution in [0.5, 0.6) is 5.75 Å². The number of nitrogens with zero attached hydrogens (tertiary/aromatic N) is 4. The Labute approximate surface area is 300 Å². The molecule has 2 aromatic carbocycles. The molecule has 6 rings (SSSR count). The quantitative estimate of drug-likeness (QED) is 0.358. The van der Waals surface area contributed by atoms with Crippen molar-refractivity contribution in [2.45, 2.75) is 82.2 Å². The van der Waals surface area contributed by atoms with E-state index in [1.165, 1.54) is 7.11 Å². The van der Waals surface area contributed by atoms with Crippen LogP contribution in [0, 0.1) is 0 Å². The SMILES string of the molecule is COC(=O)O[C@@H]1CCCCN1C1CCN(C(=O)[C@@H](Cc2ccc(O)c(Br)c2)OC(=O)N2CCC(N3CCc4ccccc4NC3=O)CC2)CC1. The molecule has 2 atom stereocenters. The van der Waals surface area contributed by atoms with Gasteiger partial charge in [0.1, 0.15) is 5.75 Å². The Morgan fingerprint density at radius 2 is 1.64 bits per heavy atom. The fourth-order valence-electron chi connectivity index (χ4n) is 7.61. The van der Waals surface area contributed by atoms with Crippen LogP contribution in [-0.2, 0) is 31.8 Å². The Morgan fingerprint density at radius 1 is 0.920 bits per heavy atom. The first kappa shape index (κ1) is 35.8. The van der Waals surface area contributed by atoms with Crippen LogP contribution in [-0.4, -0.2) is 120 Å². The number of anilines is 1. The first-order chi connectivity index (χ1) is 24.2.